The van der Waals surface area contributed by atoms with Crippen LogP contribution in [0.1, 0.15) is 36.7 Å². The summed E-state index contributed by atoms with van der Waals surface area (Å²) in [6, 6.07) is 8.68. The predicted molar refractivity (Wildman–Crippen MR) is 89.6 cm³/mol. The Morgan fingerprint density at radius 3 is 2.75 bits per heavy atom. The summed E-state index contributed by atoms with van der Waals surface area (Å²) < 4.78 is 11.4. The van der Waals surface area contributed by atoms with E-state index < -0.39 is 0 Å². The molecular formula is C18H24N4O2. The maximum atomic E-state index is 5.81. The van der Waals surface area contributed by atoms with E-state index in [1.165, 1.54) is 18.4 Å². The van der Waals surface area contributed by atoms with Gasteiger partial charge in [0.2, 0.25) is 0 Å². The number of aromatic nitrogens is 3. The van der Waals surface area contributed by atoms with Gasteiger partial charge in [-0.05, 0) is 42.9 Å². The minimum absolute atomic E-state index is 0.225. The van der Waals surface area contributed by atoms with E-state index in [-0.39, 0.29) is 12.1 Å². The Balaban J connectivity index is 1.40. The number of ether oxygens (including phenoxy) is 2. The first-order valence-electron chi connectivity index (χ1n) is 8.65. The van der Waals surface area contributed by atoms with Crippen molar-refractivity contribution in [3.05, 3.63) is 42.0 Å². The van der Waals surface area contributed by atoms with Crippen molar-refractivity contribution < 1.29 is 9.47 Å². The van der Waals surface area contributed by atoms with E-state index in [1.807, 2.05) is 0 Å². The number of H-pyrrole nitrogens is 1. The van der Waals surface area contributed by atoms with Crippen molar-refractivity contribution >= 4 is 0 Å². The largest absolute Gasteiger partial charge is 0.493 e. The van der Waals surface area contributed by atoms with E-state index in [0.29, 0.717) is 0 Å². The normalized spacial score (nSPS) is 24.4. The van der Waals surface area contributed by atoms with Crippen LogP contribution in [-0.4, -0.2) is 46.4 Å². The molecule has 128 valence electrons. The maximum absolute atomic E-state index is 5.81. The lowest BCUT2D eigenvalue weighted by atomic mass is 10.1. The van der Waals surface area contributed by atoms with Crippen molar-refractivity contribution in [2.75, 3.05) is 20.3 Å². The molecule has 0 bridgehead atoms. The molecule has 2 heterocycles. The molecule has 4 rings (SSSR count). The summed E-state index contributed by atoms with van der Waals surface area (Å²) in [7, 11) is 1.78. The summed E-state index contributed by atoms with van der Waals surface area (Å²) in [6.45, 7) is 2.63. The third-order valence-corrected chi connectivity index (χ3v) is 4.94. The highest BCUT2D eigenvalue weighted by molar-refractivity contribution is 5.27. The van der Waals surface area contributed by atoms with Gasteiger partial charge in [0.1, 0.15) is 17.9 Å². The fraction of sp³-hybridized carbons (Fsp3) is 0.556. The van der Waals surface area contributed by atoms with Crippen molar-refractivity contribution in [1.29, 1.82) is 0 Å². The Morgan fingerprint density at radius 2 is 2.08 bits per heavy atom. The van der Waals surface area contributed by atoms with Crippen LogP contribution in [-0.2, 0) is 11.3 Å². The molecule has 0 radical (unpaired) electrons. The lowest BCUT2D eigenvalue weighted by Crippen LogP contribution is -2.25. The summed E-state index contributed by atoms with van der Waals surface area (Å²) in [5.74, 6) is 2.66. The summed E-state index contributed by atoms with van der Waals surface area (Å²) in [5, 5.41) is 6.99. The van der Waals surface area contributed by atoms with Gasteiger partial charge >= 0.3 is 0 Å². The van der Waals surface area contributed by atoms with Crippen LogP contribution in [0.15, 0.2) is 30.6 Å². The summed E-state index contributed by atoms with van der Waals surface area (Å²) in [5.41, 5.74) is 1.27. The smallest absolute Gasteiger partial charge is 0.141 e. The number of benzene rings is 1. The minimum Gasteiger partial charge on any atom is -0.493 e. The van der Waals surface area contributed by atoms with Crippen LogP contribution < -0.4 is 4.74 Å². The number of likely N-dealkylation sites (tertiary alicyclic amines) is 1. The van der Waals surface area contributed by atoms with Crippen LogP contribution in [0.5, 0.6) is 5.75 Å². The SMILES string of the molecule is CO[C@@H]1C[C@@H](c2ncn[nH]2)N(Cc2ccc(OCC3CC3)cc2)C1. The van der Waals surface area contributed by atoms with E-state index in [1.54, 1.807) is 13.4 Å². The average molecular weight is 328 g/mol. The Labute approximate surface area is 142 Å². The molecule has 2 aromatic rings. The Hall–Kier alpha value is -1.92. The third kappa shape index (κ3) is 3.60. The van der Waals surface area contributed by atoms with Crippen molar-refractivity contribution in [1.82, 2.24) is 20.1 Å². The van der Waals surface area contributed by atoms with Crippen LogP contribution in [0.2, 0.25) is 0 Å². The molecule has 2 atom stereocenters. The molecule has 1 aliphatic heterocycles. The van der Waals surface area contributed by atoms with Gasteiger partial charge in [-0.2, -0.15) is 5.10 Å². The quantitative estimate of drug-likeness (QED) is 0.846. The van der Waals surface area contributed by atoms with Gasteiger partial charge in [-0.3, -0.25) is 10.00 Å². The first-order chi connectivity index (χ1) is 11.8. The summed E-state index contributed by atoms with van der Waals surface area (Å²) in [6.07, 6.45) is 5.38. The molecule has 6 nitrogen and oxygen atoms in total. The molecule has 0 amide bonds. The van der Waals surface area contributed by atoms with Crippen molar-refractivity contribution in [2.24, 2.45) is 5.92 Å². The second kappa shape index (κ2) is 6.91. The number of aromatic amines is 1. The van der Waals surface area contributed by atoms with Crippen molar-refractivity contribution in [2.45, 2.75) is 38.0 Å². The van der Waals surface area contributed by atoms with E-state index >= 15 is 0 Å². The molecule has 1 saturated carbocycles. The molecule has 2 aliphatic rings. The number of methoxy groups -OCH3 is 1. The van der Waals surface area contributed by atoms with Crippen LogP contribution in [0, 0.1) is 5.92 Å². The molecule has 1 aromatic heterocycles. The molecule has 2 fully saturated rings. The topological polar surface area (TPSA) is 63.3 Å². The molecule has 1 aliphatic carbocycles. The highest BCUT2D eigenvalue weighted by atomic mass is 16.5. The number of hydrogen-bond donors (Lipinski definition) is 1. The van der Waals surface area contributed by atoms with Gasteiger partial charge in [0, 0.05) is 20.2 Å². The standard InChI is InChI=1S/C18H24N4O2/c1-23-16-8-17(18-19-12-20-21-18)22(10-16)9-13-4-6-15(7-5-13)24-11-14-2-3-14/h4-7,12,14,16-17H,2-3,8-11H2,1H3,(H,19,20,21)/t16-,17+/m1/s1. The van der Waals surface area contributed by atoms with Gasteiger partial charge in [0.25, 0.3) is 0 Å². The number of rotatable bonds is 7. The molecule has 1 aromatic carbocycles. The molecule has 0 spiro atoms. The molecule has 6 heteroatoms. The minimum atomic E-state index is 0.225. The zero-order chi connectivity index (χ0) is 16.4. The first-order valence-corrected chi connectivity index (χ1v) is 8.65. The number of nitrogens with zero attached hydrogens (tertiary/aromatic N) is 3. The van der Waals surface area contributed by atoms with E-state index in [4.69, 9.17) is 9.47 Å². The van der Waals surface area contributed by atoms with Gasteiger partial charge < -0.3 is 9.47 Å². The van der Waals surface area contributed by atoms with E-state index in [0.717, 1.165) is 43.6 Å². The third-order valence-electron chi connectivity index (χ3n) is 4.94. The van der Waals surface area contributed by atoms with Gasteiger partial charge in [-0.25, -0.2) is 4.98 Å². The zero-order valence-corrected chi connectivity index (χ0v) is 14.0. The Kier molecular flexibility index (Phi) is 4.49. The second-order valence-electron chi connectivity index (χ2n) is 6.81. The summed E-state index contributed by atoms with van der Waals surface area (Å²) >= 11 is 0. The van der Waals surface area contributed by atoms with Crippen LogP contribution >= 0.6 is 0 Å². The van der Waals surface area contributed by atoms with Crippen LogP contribution in [0.4, 0.5) is 0 Å². The molecule has 1 saturated heterocycles. The Morgan fingerprint density at radius 1 is 1.25 bits per heavy atom. The van der Waals surface area contributed by atoms with Gasteiger partial charge in [0.05, 0.1) is 18.8 Å². The predicted octanol–water partition coefficient (Wildman–Crippen LogP) is 2.56. The van der Waals surface area contributed by atoms with Gasteiger partial charge in [-0.15, -0.1) is 0 Å². The lowest BCUT2D eigenvalue weighted by Gasteiger charge is -2.22. The first kappa shape index (κ1) is 15.6. The van der Waals surface area contributed by atoms with Crippen molar-refractivity contribution in [3.8, 4) is 5.75 Å². The van der Waals surface area contributed by atoms with E-state index in [9.17, 15) is 0 Å². The van der Waals surface area contributed by atoms with Crippen LogP contribution in [0.3, 0.4) is 0 Å². The number of hydrogen-bond acceptors (Lipinski definition) is 5. The van der Waals surface area contributed by atoms with Crippen molar-refractivity contribution in [3.63, 3.8) is 0 Å². The van der Waals surface area contributed by atoms with Crippen LogP contribution in [0.25, 0.3) is 0 Å². The zero-order valence-electron chi connectivity index (χ0n) is 14.0. The highest BCUT2D eigenvalue weighted by Gasteiger charge is 2.34. The maximum Gasteiger partial charge on any atom is 0.141 e. The Bertz CT molecular complexity index is 640. The fourth-order valence-electron chi connectivity index (χ4n) is 3.29. The van der Waals surface area contributed by atoms with Gasteiger partial charge in [0.15, 0.2) is 0 Å². The van der Waals surface area contributed by atoms with E-state index in [2.05, 4.69) is 44.3 Å². The fourth-order valence-corrected chi connectivity index (χ4v) is 3.29. The number of nitrogens with one attached hydrogen (secondary N) is 1. The molecule has 0 unspecified atom stereocenters. The van der Waals surface area contributed by atoms with Gasteiger partial charge in [-0.1, -0.05) is 12.1 Å². The lowest BCUT2D eigenvalue weighted by molar-refractivity contribution is 0.107. The average Bonchev–Trinajstić information content (AvgIpc) is 3.11. The monoisotopic (exact) mass is 328 g/mol. The highest BCUT2D eigenvalue weighted by Crippen LogP contribution is 2.33. The molecular weight excluding hydrogens is 304 g/mol. The molecule has 1 N–H and O–H groups in total. The molecule has 24 heavy (non-hydrogen) atoms. The summed E-state index contributed by atoms with van der Waals surface area (Å²) in [4.78, 5) is 6.73. The second-order valence-corrected chi connectivity index (χ2v) is 6.81.